The van der Waals surface area contributed by atoms with E-state index in [0.717, 1.165) is 37.6 Å². The SMILES string of the molecule is Cc1ccc(-c2nc3nc(N4CCOCC4)nc(N4CCOCC4)c3o2)cc1. The molecular weight excluding hydrogens is 358 g/mol. The fourth-order valence-corrected chi connectivity index (χ4v) is 3.51. The van der Waals surface area contributed by atoms with Gasteiger partial charge in [-0.15, -0.1) is 0 Å². The second-order valence-electron chi connectivity index (χ2n) is 7.08. The summed E-state index contributed by atoms with van der Waals surface area (Å²) in [5.41, 5.74) is 3.36. The Bertz CT molecular complexity index is 960. The van der Waals surface area contributed by atoms with Crippen LogP contribution in [-0.4, -0.2) is 67.6 Å². The molecule has 2 fully saturated rings. The average Bonchev–Trinajstić information content (AvgIpc) is 3.19. The highest BCUT2D eigenvalue weighted by Crippen LogP contribution is 2.31. The number of benzene rings is 1. The summed E-state index contributed by atoms with van der Waals surface area (Å²) >= 11 is 0. The molecule has 0 atom stereocenters. The Hall–Kier alpha value is -2.71. The van der Waals surface area contributed by atoms with Gasteiger partial charge >= 0.3 is 0 Å². The Morgan fingerprint density at radius 1 is 0.786 bits per heavy atom. The summed E-state index contributed by atoms with van der Waals surface area (Å²) in [5.74, 6) is 2.04. The van der Waals surface area contributed by atoms with Crippen molar-refractivity contribution in [3.63, 3.8) is 0 Å². The smallest absolute Gasteiger partial charge is 0.229 e. The van der Waals surface area contributed by atoms with Gasteiger partial charge in [0.05, 0.1) is 26.4 Å². The van der Waals surface area contributed by atoms with Crippen LogP contribution in [0.1, 0.15) is 5.56 Å². The van der Waals surface area contributed by atoms with E-state index in [4.69, 9.17) is 28.8 Å². The van der Waals surface area contributed by atoms with Crippen LogP contribution in [0, 0.1) is 6.92 Å². The molecule has 28 heavy (non-hydrogen) atoms. The Labute approximate surface area is 163 Å². The Morgan fingerprint density at radius 3 is 2.11 bits per heavy atom. The molecule has 0 spiro atoms. The van der Waals surface area contributed by atoms with Crippen LogP contribution in [-0.2, 0) is 9.47 Å². The van der Waals surface area contributed by atoms with Crippen LogP contribution in [0.25, 0.3) is 22.7 Å². The van der Waals surface area contributed by atoms with Crippen LogP contribution in [0.4, 0.5) is 11.8 Å². The van der Waals surface area contributed by atoms with E-state index >= 15 is 0 Å². The van der Waals surface area contributed by atoms with E-state index in [1.807, 2.05) is 12.1 Å². The van der Waals surface area contributed by atoms with Crippen molar-refractivity contribution >= 4 is 23.0 Å². The number of morpholine rings is 2. The number of rotatable bonds is 3. The number of aryl methyl sites for hydroxylation is 1. The number of ether oxygens (including phenoxy) is 2. The normalized spacial score (nSPS) is 18.0. The molecule has 0 unspecified atom stereocenters. The highest BCUT2D eigenvalue weighted by molar-refractivity contribution is 5.84. The van der Waals surface area contributed by atoms with E-state index in [1.165, 1.54) is 5.56 Å². The summed E-state index contributed by atoms with van der Waals surface area (Å²) in [6, 6.07) is 8.14. The summed E-state index contributed by atoms with van der Waals surface area (Å²) in [7, 11) is 0. The summed E-state index contributed by atoms with van der Waals surface area (Å²) in [5, 5.41) is 0. The van der Waals surface area contributed by atoms with Crippen LogP contribution < -0.4 is 9.80 Å². The van der Waals surface area contributed by atoms with Crippen molar-refractivity contribution in [2.24, 2.45) is 0 Å². The van der Waals surface area contributed by atoms with Crippen LogP contribution in [0.5, 0.6) is 0 Å². The van der Waals surface area contributed by atoms with Gasteiger partial charge in [-0.3, -0.25) is 0 Å². The van der Waals surface area contributed by atoms with Gasteiger partial charge in [-0.05, 0) is 19.1 Å². The minimum atomic E-state index is 0.568. The largest absolute Gasteiger partial charge is 0.430 e. The van der Waals surface area contributed by atoms with Crippen LogP contribution in [0.15, 0.2) is 28.7 Å². The van der Waals surface area contributed by atoms with Crippen molar-refractivity contribution in [3.8, 4) is 11.5 Å². The first-order chi connectivity index (χ1) is 13.8. The molecule has 0 aliphatic carbocycles. The van der Waals surface area contributed by atoms with Crippen molar-refractivity contribution in [2.45, 2.75) is 6.92 Å². The van der Waals surface area contributed by atoms with Crippen LogP contribution in [0.3, 0.4) is 0 Å². The molecule has 0 amide bonds. The van der Waals surface area contributed by atoms with Gasteiger partial charge in [0, 0.05) is 31.7 Å². The highest BCUT2D eigenvalue weighted by Gasteiger charge is 2.24. The van der Waals surface area contributed by atoms with Gasteiger partial charge in [0.25, 0.3) is 0 Å². The number of anilines is 2. The number of nitrogens with zero attached hydrogens (tertiary/aromatic N) is 5. The predicted octanol–water partition coefficient (Wildman–Crippen LogP) is 2.27. The maximum Gasteiger partial charge on any atom is 0.229 e. The maximum atomic E-state index is 6.16. The molecular formula is C20H23N5O3. The molecule has 146 valence electrons. The molecule has 2 aliphatic rings. The second-order valence-corrected chi connectivity index (χ2v) is 7.08. The molecule has 4 heterocycles. The van der Waals surface area contributed by atoms with E-state index in [-0.39, 0.29) is 0 Å². The first-order valence-corrected chi connectivity index (χ1v) is 9.69. The number of hydrogen-bond donors (Lipinski definition) is 0. The van der Waals surface area contributed by atoms with Gasteiger partial charge in [-0.1, -0.05) is 17.7 Å². The average molecular weight is 381 g/mol. The molecule has 0 saturated carbocycles. The lowest BCUT2D eigenvalue weighted by Crippen LogP contribution is -2.39. The highest BCUT2D eigenvalue weighted by atomic mass is 16.5. The van der Waals surface area contributed by atoms with Crippen molar-refractivity contribution in [1.82, 2.24) is 15.0 Å². The molecule has 0 N–H and O–H groups in total. The van der Waals surface area contributed by atoms with Gasteiger partial charge in [-0.25, -0.2) is 0 Å². The molecule has 8 nitrogen and oxygen atoms in total. The van der Waals surface area contributed by atoms with Gasteiger partial charge < -0.3 is 23.7 Å². The maximum absolute atomic E-state index is 6.16. The van der Waals surface area contributed by atoms with Gasteiger partial charge in [0.1, 0.15) is 0 Å². The minimum Gasteiger partial charge on any atom is -0.430 e. The quantitative estimate of drug-likeness (QED) is 0.684. The number of hydrogen-bond acceptors (Lipinski definition) is 8. The number of aromatic nitrogens is 3. The number of oxazole rings is 1. The zero-order chi connectivity index (χ0) is 18.9. The molecule has 2 aliphatic heterocycles. The van der Waals surface area contributed by atoms with Crippen molar-refractivity contribution < 1.29 is 13.9 Å². The lowest BCUT2D eigenvalue weighted by molar-refractivity contribution is 0.121. The first-order valence-electron chi connectivity index (χ1n) is 9.69. The summed E-state index contributed by atoms with van der Waals surface area (Å²) in [6.07, 6.45) is 0. The Morgan fingerprint density at radius 2 is 1.43 bits per heavy atom. The van der Waals surface area contributed by atoms with E-state index in [9.17, 15) is 0 Å². The Kier molecular flexibility index (Phi) is 4.58. The van der Waals surface area contributed by atoms with E-state index in [2.05, 4.69) is 28.9 Å². The third kappa shape index (κ3) is 3.29. The van der Waals surface area contributed by atoms with Crippen molar-refractivity contribution in [1.29, 1.82) is 0 Å². The minimum absolute atomic E-state index is 0.568. The van der Waals surface area contributed by atoms with Crippen LogP contribution in [0.2, 0.25) is 0 Å². The zero-order valence-corrected chi connectivity index (χ0v) is 15.9. The van der Waals surface area contributed by atoms with Gasteiger partial charge in [0.2, 0.25) is 23.1 Å². The van der Waals surface area contributed by atoms with E-state index in [1.54, 1.807) is 0 Å². The van der Waals surface area contributed by atoms with E-state index < -0.39 is 0 Å². The Balaban J connectivity index is 1.61. The topological polar surface area (TPSA) is 76.8 Å². The molecule has 2 aromatic heterocycles. The molecule has 0 bridgehead atoms. The zero-order valence-electron chi connectivity index (χ0n) is 15.9. The third-order valence-corrected chi connectivity index (χ3v) is 5.13. The molecule has 3 aromatic rings. The van der Waals surface area contributed by atoms with Gasteiger partial charge in [-0.2, -0.15) is 15.0 Å². The van der Waals surface area contributed by atoms with Crippen LogP contribution >= 0.6 is 0 Å². The third-order valence-electron chi connectivity index (χ3n) is 5.13. The predicted molar refractivity (Wildman–Crippen MR) is 106 cm³/mol. The lowest BCUT2D eigenvalue weighted by atomic mass is 10.1. The summed E-state index contributed by atoms with van der Waals surface area (Å²) < 4.78 is 17.1. The summed E-state index contributed by atoms with van der Waals surface area (Å²) in [4.78, 5) is 18.6. The molecule has 2 saturated heterocycles. The molecule has 0 radical (unpaired) electrons. The fourth-order valence-electron chi connectivity index (χ4n) is 3.51. The number of fused-ring (bicyclic) bond motifs is 1. The standard InChI is InChI=1S/C20H23N5O3/c1-14-2-4-15(5-3-14)19-21-17-16(28-19)18(24-6-10-26-11-7-24)23-20(22-17)25-8-12-27-13-9-25/h2-5H,6-13H2,1H3. The first kappa shape index (κ1) is 17.4. The monoisotopic (exact) mass is 381 g/mol. The van der Waals surface area contributed by atoms with Crippen molar-refractivity contribution in [2.75, 3.05) is 62.4 Å². The molecule has 1 aromatic carbocycles. The van der Waals surface area contributed by atoms with Crippen molar-refractivity contribution in [3.05, 3.63) is 29.8 Å². The lowest BCUT2D eigenvalue weighted by Gasteiger charge is -2.30. The fraction of sp³-hybridized carbons (Fsp3) is 0.450. The molecule has 8 heteroatoms. The second kappa shape index (κ2) is 7.37. The van der Waals surface area contributed by atoms with E-state index in [0.29, 0.717) is 49.5 Å². The summed E-state index contributed by atoms with van der Waals surface area (Å²) in [6.45, 7) is 7.88. The molecule has 5 rings (SSSR count). The van der Waals surface area contributed by atoms with Gasteiger partial charge in [0.15, 0.2) is 5.82 Å².